The van der Waals surface area contributed by atoms with Gasteiger partial charge in [0.15, 0.2) is 25.0 Å². The molecule has 252 valence electrons. The van der Waals surface area contributed by atoms with Crippen LogP contribution in [0.5, 0.6) is 0 Å². The van der Waals surface area contributed by atoms with Crippen LogP contribution in [0.4, 0.5) is 0 Å². The molecule has 0 aromatic rings. The molecule has 5 nitrogen and oxygen atoms in total. The Morgan fingerprint density at radius 2 is 0.810 bits per heavy atom. The molecule has 0 heterocycles. The second-order valence-corrected chi connectivity index (χ2v) is 32.0. The molecular weight excluding hydrogens is 571 g/mol. The SMILES string of the molecule is CCCCCCCCCCCC(=O)NC(CO[Si](C)(C)C(C)(C)C)(CO[Si](C)(C)C(C)(C)C)CO[Si](C)(C)C(C)(C)C. The van der Waals surface area contributed by atoms with Gasteiger partial charge in [0.2, 0.25) is 5.91 Å². The van der Waals surface area contributed by atoms with E-state index in [4.69, 9.17) is 13.3 Å². The highest BCUT2D eigenvalue weighted by Crippen LogP contribution is 2.40. The molecule has 42 heavy (non-hydrogen) atoms. The van der Waals surface area contributed by atoms with Crippen LogP contribution in [-0.4, -0.2) is 56.2 Å². The first-order valence-corrected chi connectivity index (χ1v) is 25.8. The monoisotopic (exact) mass is 646 g/mol. The molecule has 0 saturated heterocycles. The molecule has 0 saturated carbocycles. The van der Waals surface area contributed by atoms with E-state index in [1.807, 2.05) is 0 Å². The highest BCUT2D eigenvalue weighted by Gasteiger charge is 2.46. The van der Waals surface area contributed by atoms with E-state index in [1.54, 1.807) is 0 Å². The molecule has 0 aromatic heterocycles. The number of unbranched alkanes of at least 4 members (excludes halogenated alkanes) is 8. The van der Waals surface area contributed by atoms with E-state index in [-0.39, 0.29) is 21.0 Å². The fraction of sp³-hybridized carbons (Fsp3) is 0.971. The highest BCUT2D eigenvalue weighted by molar-refractivity contribution is 6.75. The number of carbonyl (C=O) groups excluding carboxylic acids is 1. The predicted octanol–water partition coefficient (Wildman–Crippen LogP) is 10.8. The summed E-state index contributed by atoms with van der Waals surface area (Å²) in [5.41, 5.74) is -0.725. The standard InChI is InChI=1S/C34H75NO4Si3/c1-17-18-19-20-21-22-23-24-25-26-30(36)35-34(27-37-40(11,12)31(2,3)4,28-38-41(13,14)32(5,6)7)29-39-42(15,16)33(8,9)10/h17-29H2,1-16H3,(H,35,36). The summed E-state index contributed by atoms with van der Waals surface area (Å²) in [5, 5.41) is 3.69. The molecular formula is C34H75NO4Si3. The number of carbonyl (C=O) groups is 1. The summed E-state index contributed by atoms with van der Waals surface area (Å²) in [6, 6.07) is 0. The zero-order valence-electron chi connectivity index (χ0n) is 31.3. The fourth-order valence-corrected chi connectivity index (χ4v) is 7.00. The molecule has 0 unspecified atom stereocenters. The molecule has 0 aliphatic carbocycles. The zero-order chi connectivity index (χ0) is 33.1. The third-order valence-corrected chi connectivity index (χ3v) is 23.9. The summed E-state index contributed by atoms with van der Waals surface area (Å²) >= 11 is 0. The maximum Gasteiger partial charge on any atom is 0.220 e. The van der Waals surface area contributed by atoms with Crippen LogP contribution in [0.2, 0.25) is 54.4 Å². The Bertz CT molecular complexity index is 703. The minimum atomic E-state index is -2.08. The lowest BCUT2D eigenvalue weighted by Crippen LogP contribution is -2.63. The minimum absolute atomic E-state index is 0.0693. The van der Waals surface area contributed by atoms with Crippen LogP contribution in [0, 0.1) is 0 Å². The van der Waals surface area contributed by atoms with Gasteiger partial charge in [-0.25, -0.2) is 0 Å². The van der Waals surface area contributed by atoms with Crippen molar-refractivity contribution in [2.45, 2.75) is 193 Å². The summed E-state index contributed by atoms with van der Waals surface area (Å²) in [5.74, 6) is 0.0921. The minimum Gasteiger partial charge on any atom is -0.414 e. The Labute approximate surface area is 266 Å². The zero-order valence-corrected chi connectivity index (χ0v) is 34.3. The molecule has 1 N–H and O–H groups in total. The van der Waals surface area contributed by atoms with Gasteiger partial charge < -0.3 is 18.6 Å². The molecule has 0 aliphatic rings. The Balaban J connectivity index is 5.93. The summed E-state index contributed by atoms with van der Waals surface area (Å²) < 4.78 is 20.6. The average molecular weight is 646 g/mol. The molecule has 0 bridgehead atoms. The van der Waals surface area contributed by atoms with Gasteiger partial charge in [0.25, 0.3) is 0 Å². The third kappa shape index (κ3) is 14.9. The van der Waals surface area contributed by atoms with Gasteiger partial charge in [0, 0.05) is 6.42 Å². The maximum atomic E-state index is 13.6. The highest BCUT2D eigenvalue weighted by atomic mass is 28.4. The second kappa shape index (κ2) is 17.1. The summed E-state index contributed by atoms with van der Waals surface area (Å²) in [4.78, 5) is 13.6. The van der Waals surface area contributed by atoms with Gasteiger partial charge >= 0.3 is 0 Å². The number of nitrogens with one attached hydrogen (secondary N) is 1. The number of hydrogen-bond acceptors (Lipinski definition) is 4. The van der Waals surface area contributed by atoms with Crippen molar-refractivity contribution in [2.75, 3.05) is 19.8 Å². The van der Waals surface area contributed by atoms with Crippen molar-refractivity contribution >= 4 is 30.9 Å². The van der Waals surface area contributed by atoms with Gasteiger partial charge in [-0.3, -0.25) is 4.79 Å². The molecule has 0 aliphatic heterocycles. The van der Waals surface area contributed by atoms with Gasteiger partial charge in [-0.05, 0) is 60.8 Å². The molecule has 0 atom stereocenters. The van der Waals surface area contributed by atoms with Crippen molar-refractivity contribution in [1.82, 2.24) is 5.32 Å². The molecule has 0 aromatic carbocycles. The van der Waals surface area contributed by atoms with Crippen LogP contribution in [0.25, 0.3) is 0 Å². The Morgan fingerprint density at radius 1 is 0.524 bits per heavy atom. The van der Waals surface area contributed by atoms with Crippen molar-refractivity contribution in [3.05, 3.63) is 0 Å². The normalized spacial score (nSPS) is 14.4. The van der Waals surface area contributed by atoms with Crippen molar-refractivity contribution < 1.29 is 18.1 Å². The molecule has 0 radical (unpaired) electrons. The first-order chi connectivity index (χ1) is 18.8. The van der Waals surface area contributed by atoms with E-state index in [0.29, 0.717) is 26.2 Å². The van der Waals surface area contributed by atoms with Crippen LogP contribution in [0.3, 0.4) is 0 Å². The maximum absolute atomic E-state index is 13.6. The van der Waals surface area contributed by atoms with Crippen LogP contribution in [0.1, 0.15) is 133 Å². The second-order valence-electron chi connectivity index (χ2n) is 17.6. The average Bonchev–Trinajstić information content (AvgIpc) is 2.82. The quantitative estimate of drug-likeness (QED) is 0.106. The number of hydrogen-bond donors (Lipinski definition) is 1. The van der Waals surface area contributed by atoms with Gasteiger partial charge in [0.05, 0.1) is 19.8 Å². The lowest BCUT2D eigenvalue weighted by atomic mass is 10.0. The van der Waals surface area contributed by atoms with Crippen LogP contribution >= 0.6 is 0 Å². The molecule has 8 heteroatoms. The van der Waals surface area contributed by atoms with Crippen LogP contribution in [0.15, 0.2) is 0 Å². The van der Waals surface area contributed by atoms with Gasteiger partial charge in [-0.2, -0.15) is 0 Å². The van der Waals surface area contributed by atoms with E-state index in [9.17, 15) is 4.79 Å². The van der Waals surface area contributed by atoms with Crippen molar-refractivity contribution in [3.8, 4) is 0 Å². The fourth-order valence-electron chi connectivity index (χ4n) is 3.79. The largest absolute Gasteiger partial charge is 0.414 e. The Kier molecular flexibility index (Phi) is 17.1. The van der Waals surface area contributed by atoms with Crippen molar-refractivity contribution in [2.24, 2.45) is 0 Å². The molecule has 0 fully saturated rings. The first-order valence-electron chi connectivity index (χ1n) is 17.1. The van der Waals surface area contributed by atoms with Crippen LogP contribution in [-0.2, 0) is 18.1 Å². The van der Waals surface area contributed by atoms with E-state index >= 15 is 0 Å². The lowest BCUT2D eigenvalue weighted by molar-refractivity contribution is -0.125. The third-order valence-electron chi connectivity index (χ3n) is 10.5. The summed E-state index contributed by atoms with van der Waals surface area (Å²) in [7, 11) is -6.24. The topological polar surface area (TPSA) is 56.8 Å². The molecule has 0 rings (SSSR count). The molecule has 0 spiro atoms. The van der Waals surface area contributed by atoms with Crippen LogP contribution < -0.4 is 5.32 Å². The first kappa shape index (κ1) is 42.0. The van der Waals surface area contributed by atoms with E-state index < -0.39 is 30.5 Å². The van der Waals surface area contributed by atoms with Gasteiger partial charge in [-0.15, -0.1) is 0 Å². The molecule has 1 amide bonds. The summed E-state index contributed by atoms with van der Waals surface area (Å²) in [6.45, 7) is 37.6. The van der Waals surface area contributed by atoms with Gasteiger partial charge in [-0.1, -0.05) is 121 Å². The number of amides is 1. The van der Waals surface area contributed by atoms with Crippen molar-refractivity contribution in [3.63, 3.8) is 0 Å². The predicted molar refractivity (Wildman–Crippen MR) is 192 cm³/mol. The smallest absolute Gasteiger partial charge is 0.220 e. The van der Waals surface area contributed by atoms with E-state index in [0.717, 1.165) is 12.8 Å². The Hall–Kier alpha value is 0.000649. The van der Waals surface area contributed by atoms with E-state index in [2.05, 4.69) is 114 Å². The van der Waals surface area contributed by atoms with Gasteiger partial charge in [0.1, 0.15) is 5.54 Å². The lowest BCUT2D eigenvalue weighted by Gasteiger charge is -2.46. The van der Waals surface area contributed by atoms with Crippen molar-refractivity contribution in [1.29, 1.82) is 0 Å². The number of rotatable bonds is 20. The summed E-state index contributed by atoms with van der Waals surface area (Å²) in [6.07, 6.45) is 11.7. The van der Waals surface area contributed by atoms with E-state index in [1.165, 1.54) is 44.9 Å². The Morgan fingerprint density at radius 3 is 1.10 bits per heavy atom.